The Balaban J connectivity index is 2.55. The highest BCUT2D eigenvalue weighted by atomic mass is 16.1. The first-order chi connectivity index (χ1) is 8.75. The van der Waals surface area contributed by atoms with E-state index in [2.05, 4.69) is 37.0 Å². The molecule has 0 aliphatic heterocycles. The largest absolute Gasteiger partial charge is 0.235 e. The molecule has 0 heterocycles. The minimum atomic E-state index is -0.279. The van der Waals surface area contributed by atoms with Crippen molar-refractivity contribution in [3.8, 4) is 0 Å². The Morgan fingerprint density at radius 2 is 1.94 bits per heavy atom. The van der Waals surface area contributed by atoms with Gasteiger partial charge in [-0.05, 0) is 42.4 Å². The van der Waals surface area contributed by atoms with Crippen molar-refractivity contribution in [3.63, 3.8) is 0 Å². The summed E-state index contributed by atoms with van der Waals surface area (Å²) in [4.78, 5) is 15.0. The van der Waals surface area contributed by atoms with Gasteiger partial charge in [-0.3, -0.25) is 0 Å². The molecule has 0 radical (unpaired) electrons. The van der Waals surface area contributed by atoms with Crippen LogP contribution in [0.2, 0.25) is 0 Å². The first-order valence-electron chi connectivity index (χ1n) is 6.97. The Kier molecular flexibility index (Phi) is 3.98. The predicted octanol–water partition coefficient (Wildman–Crippen LogP) is 3.92. The van der Waals surface area contributed by atoms with Crippen molar-refractivity contribution >= 4 is 6.08 Å². The van der Waals surface area contributed by atoms with Crippen LogP contribution in [0, 0.1) is 0 Å². The first kappa shape index (κ1) is 13.0. The second-order valence-corrected chi connectivity index (χ2v) is 5.14. The number of hydrogen-bond acceptors (Lipinski definition) is 2. The van der Waals surface area contributed by atoms with Gasteiger partial charge in [0.2, 0.25) is 6.08 Å². The maximum Gasteiger partial charge on any atom is 0.235 e. The molecule has 1 aliphatic rings. The van der Waals surface area contributed by atoms with Crippen molar-refractivity contribution in [3.05, 3.63) is 34.9 Å². The quantitative estimate of drug-likeness (QED) is 0.582. The first-order valence-corrected chi connectivity index (χ1v) is 6.97. The van der Waals surface area contributed by atoms with Crippen LogP contribution < -0.4 is 0 Å². The molecule has 0 bridgehead atoms. The second-order valence-electron chi connectivity index (χ2n) is 5.14. The number of nitrogens with zero attached hydrogens (tertiary/aromatic N) is 1. The van der Waals surface area contributed by atoms with Crippen LogP contribution in [0.4, 0.5) is 0 Å². The molecule has 0 amide bonds. The standard InChI is InChI=1S/C16H21NO/c1-3-13-7-8-14(4-2)15(11-13)16(17-12-18)9-5-6-10-16/h7-8,11H,3-6,9-10H2,1-2H3. The molecule has 1 aromatic rings. The molecule has 0 saturated heterocycles. The molecule has 0 unspecified atom stereocenters. The van der Waals surface area contributed by atoms with Gasteiger partial charge < -0.3 is 0 Å². The molecule has 96 valence electrons. The number of isocyanates is 1. The minimum absolute atomic E-state index is 0.279. The molecule has 1 saturated carbocycles. The van der Waals surface area contributed by atoms with E-state index in [9.17, 15) is 4.79 Å². The number of aryl methyl sites for hydroxylation is 2. The van der Waals surface area contributed by atoms with E-state index in [1.54, 1.807) is 0 Å². The van der Waals surface area contributed by atoms with Gasteiger partial charge in [0.05, 0.1) is 5.54 Å². The highest BCUT2D eigenvalue weighted by Gasteiger charge is 2.37. The third-order valence-corrected chi connectivity index (χ3v) is 4.16. The number of benzene rings is 1. The van der Waals surface area contributed by atoms with E-state index < -0.39 is 0 Å². The molecule has 1 aromatic carbocycles. The highest BCUT2D eigenvalue weighted by Crippen LogP contribution is 2.43. The summed E-state index contributed by atoms with van der Waals surface area (Å²) in [6, 6.07) is 6.65. The van der Waals surface area contributed by atoms with Gasteiger partial charge in [0, 0.05) is 0 Å². The molecule has 0 atom stereocenters. The van der Waals surface area contributed by atoms with E-state index >= 15 is 0 Å². The van der Waals surface area contributed by atoms with Crippen molar-refractivity contribution in [2.24, 2.45) is 4.99 Å². The summed E-state index contributed by atoms with van der Waals surface area (Å²) < 4.78 is 0. The summed E-state index contributed by atoms with van der Waals surface area (Å²) in [5.74, 6) is 0. The van der Waals surface area contributed by atoms with Crippen LogP contribution >= 0.6 is 0 Å². The normalized spacial score (nSPS) is 17.4. The van der Waals surface area contributed by atoms with Gasteiger partial charge in [0.1, 0.15) is 0 Å². The molecular weight excluding hydrogens is 222 g/mol. The molecule has 1 fully saturated rings. The number of aliphatic imine (C=N–C) groups is 1. The van der Waals surface area contributed by atoms with Crippen molar-refractivity contribution in [1.82, 2.24) is 0 Å². The summed E-state index contributed by atoms with van der Waals surface area (Å²) in [6.45, 7) is 4.33. The van der Waals surface area contributed by atoms with Crippen LogP contribution in [-0.4, -0.2) is 6.08 Å². The average Bonchev–Trinajstić information content (AvgIpc) is 2.88. The Hall–Kier alpha value is -1.40. The topological polar surface area (TPSA) is 29.4 Å². The number of carbonyl (C=O) groups excluding carboxylic acids is 1. The van der Waals surface area contributed by atoms with Crippen molar-refractivity contribution in [1.29, 1.82) is 0 Å². The SMILES string of the molecule is CCc1ccc(CC)c(C2(N=C=O)CCCC2)c1. The average molecular weight is 243 g/mol. The molecule has 2 heteroatoms. The van der Waals surface area contributed by atoms with Crippen LogP contribution in [0.25, 0.3) is 0 Å². The van der Waals surface area contributed by atoms with Crippen molar-refractivity contribution < 1.29 is 4.79 Å². The fourth-order valence-corrected chi connectivity index (χ4v) is 3.07. The minimum Gasteiger partial charge on any atom is -0.211 e. The van der Waals surface area contributed by atoms with Gasteiger partial charge in [0.25, 0.3) is 0 Å². The molecule has 1 aliphatic carbocycles. The smallest absolute Gasteiger partial charge is 0.211 e. The Labute approximate surface area is 109 Å². The summed E-state index contributed by atoms with van der Waals surface area (Å²) in [5, 5.41) is 0. The molecule has 18 heavy (non-hydrogen) atoms. The fourth-order valence-electron chi connectivity index (χ4n) is 3.07. The van der Waals surface area contributed by atoms with Gasteiger partial charge in [-0.2, -0.15) is 4.99 Å². The van der Waals surface area contributed by atoms with Crippen LogP contribution in [-0.2, 0) is 23.2 Å². The van der Waals surface area contributed by atoms with Crippen LogP contribution in [0.1, 0.15) is 56.2 Å². The third-order valence-electron chi connectivity index (χ3n) is 4.16. The summed E-state index contributed by atoms with van der Waals surface area (Å²) in [6.07, 6.45) is 8.13. The summed E-state index contributed by atoms with van der Waals surface area (Å²) in [7, 11) is 0. The Bertz CT molecular complexity index is 466. The number of hydrogen-bond donors (Lipinski definition) is 0. The van der Waals surface area contributed by atoms with Gasteiger partial charge in [-0.25, -0.2) is 4.79 Å². The zero-order valence-corrected chi connectivity index (χ0v) is 11.3. The van der Waals surface area contributed by atoms with E-state index in [-0.39, 0.29) is 5.54 Å². The lowest BCUT2D eigenvalue weighted by atomic mass is 9.83. The van der Waals surface area contributed by atoms with Crippen molar-refractivity contribution in [2.75, 3.05) is 0 Å². The van der Waals surface area contributed by atoms with Crippen LogP contribution in [0.15, 0.2) is 23.2 Å². The van der Waals surface area contributed by atoms with Crippen molar-refractivity contribution in [2.45, 2.75) is 57.9 Å². The highest BCUT2D eigenvalue weighted by molar-refractivity contribution is 5.43. The lowest BCUT2D eigenvalue weighted by Crippen LogP contribution is -2.21. The van der Waals surface area contributed by atoms with Gasteiger partial charge in [-0.15, -0.1) is 0 Å². The number of rotatable bonds is 4. The van der Waals surface area contributed by atoms with E-state index in [4.69, 9.17) is 0 Å². The lowest BCUT2D eigenvalue weighted by Gasteiger charge is -2.26. The van der Waals surface area contributed by atoms with Crippen LogP contribution in [0.5, 0.6) is 0 Å². The Morgan fingerprint density at radius 3 is 2.50 bits per heavy atom. The summed E-state index contributed by atoms with van der Waals surface area (Å²) in [5.41, 5.74) is 3.64. The molecule has 2 rings (SSSR count). The van der Waals surface area contributed by atoms with Gasteiger partial charge in [0.15, 0.2) is 0 Å². The maximum atomic E-state index is 10.8. The van der Waals surface area contributed by atoms with E-state index in [0.717, 1.165) is 38.5 Å². The summed E-state index contributed by atoms with van der Waals surface area (Å²) >= 11 is 0. The van der Waals surface area contributed by atoms with Gasteiger partial charge >= 0.3 is 0 Å². The molecule has 0 N–H and O–H groups in total. The van der Waals surface area contributed by atoms with E-state index in [1.807, 2.05) is 6.08 Å². The van der Waals surface area contributed by atoms with Gasteiger partial charge in [-0.1, -0.05) is 44.9 Å². The fraction of sp³-hybridized carbons (Fsp3) is 0.562. The molecule has 2 nitrogen and oxygen atoms in total. The van der Waals surface area contributed by atoms with E-state index in [0.29, 0.717) is 0 Å². The molecule has 0 spiro atoms. The zero-order valence-electron chi connectivity index (χ0n) is 11.3. The third kappa shape index (κ3) is 2.26. The lowest BCUT2D eigenvalue weighted by molar-refractivity contribution is 0.452. The Morgan fingerprint density at radius 1 is 1.22 bits per heavy atom. The monoisotopic (exact) mass is 243 g/mol. The predicted molar refractivity (Wildman–Crippen MR) is 73.5 cm³/mol. The molecular formula is C16H21NO. The van der Waals surface area contributed by atoms with Crippen LogP contribution in [0.3, 0.4) is 0 Å². The second kappa shape index (κ2) is 5.49. The maximum absolute atomic E-state index is 10.8. The zero-order chi connectivity index (χ0) is 13.0. The van der Waals surface area contributed by atoms with E-state index in [1.165, 1.54) is 16.7 Å². The molecule has 0 aromatic heterocycles.